The highest BCUT2D eigenvalue weighted by molar-refractivity contribution is 5.87. The Kier molecular flexibility index (Phi) is 4.93. The van der Waals surface area contributed by atoms with E-state index in [9.17, 15) is 19.6 Å². The summed E-state index contributed by atoms with van der Waals surface area (Å²) in [5, 5.41) is 18.5. The fourth-order valence-electron chi connectivity index (χ4n) is 7.73. The predicted octanol–water partition coefficient (Wildman–Crippen LogP) is 1.21. The quantitative estimate of drug-likeness (QED) is 0.381. The molecule has 3 unspecified atom stereocenters. The fraction of sp³-hybridized carbons (Fsp3) is 0.750. The van der Waals surface area contributed by atoms with Crippen molar-refractivity contribution in [2.75, 3.05) is 0 Å². The lowest BCUT2D eigenvalue weighted by atomic mass is 9.46. The number of aliphatic carboxylic acids is 1. The van der Waals surface area contributed by atoms with Gasteiger partial charge in [0.25, 0.3) is 0 Å². The summed E-state index contributed by atoms with van der Waals surface area (Å²) in [7, 11) is 0. The monoisotopic (exact) mass is 456 g/mol. The van der Waals surface area contributed by atoms with Gasteiger partial charge in [-0.3, -0.25) is 14.4 Å². The van der Waals surface area contributed by atoms with Gasteiger partial charge in [-0.2, -0.15) is 5.26 Å². The Balaban J connectivity index is 1.35. The van der Waals surface area contributed by atoms with Gasteiger partial charge in [0, 0.05) is 12.8 Å². The van der Waals surface area contributed by atoms with Gasteiger partial charge in [-0.15, -0.1) is 0 Å². The van der Waals surface area contributed by atoms with Gasteiger partial charge in [0.2, 0.25) is 5.91 Å². The van der Waals surface area contributed by atoms with Crippen molar-refractivity contribution in [3.8, 4) is 6.07 Å². The average molecular weight is 457 g/mol. The molecule has 6 atom stereocenters. The van der Waals surface area contributed by atoms with E-state index in [2.05, 4.69) is 6.07 Å². The number of nitrogens with two attached hydrogens (primary N) is 2. The van der Waals surface area contributed by atoms with Gasteiger partial charge in [-0.1, -0.05) is 6.08 Å². The van der Waals surface area contributed by atoms with Gasteiger partial charge in [-0.05, 0) is 74.7 Å². The predicted molar refractivity (Wildman–Crippen MR) is 116 cm³/mol. The third kappa shape index (κ3) is 3.46. The lowest BCUT2D eigenvalue weighted by molar-refractivity contribution is -0.207. The standard InChI is InChI=1S/C24H32N4O5/c1-22-10-15(22)5-16(11-25)28(22)20(31)19(27)23-6-13-4-14(7-23)9-24(8-13,12-23)33-21(32)17(26)2-3-18(29)30/h10,13-14,16-17,19H,2-9,12,26-27H2,1H3,(H,29,30)/t13?,14?,16-,17-,19+,22?,23?,24?/m0/s1. The number of carboxylic acids is 1. The van der Waals surface area contributed by atoms with Crippen molar-refractivity contribution in [3.05, 3.63) is 11.6 Å². The van der Waals surface area contributed by atoms with Crippen molar-refractivity contribution in [1.82, 2.24) is 4.90 Å². The SMILES string of the molecule is CC12C=C1C[C@@H](C#N)N2C(=O)[C@@H](N)C12CC3CC(CC(OC(=O)[C@@H](N)CCC(=O)O)(C3)C1)C2. The highest BCUT2D eigenvalue weighted by atomic mass is 16.6. The molecule has 1 amide bonds. The number of carbonyl (C=O) groups excluding carboxylic acids is 2. The molecule has 9 nitrogen and oxygen atoms in total. The maximum atomic E-state index is 13.7. The molecule has 1 saturated heterocycles. The van der Waals surface area contributed by atoms with E-state index in [4.69, 9.17) is 21.3 Å². The maximum Gasteiger partial charge on any atom is 0.323 e. The highest BCUT2D eigenvalue weighted by Crippen LogP contribution is 2.64. The number of carboxylic acid groups (broad SMARTS) is 1. The smallest absolute Gasteiger partial charge is 0.323 e. The minimum Gasteiger partial charge on any atom is -0.481 e. The van der Waals surface area contributed by atoms with Crippen LogP contribution in [-0.4, -0.2) is 57.1 Å². The third-order valence-corrected chi connectivity index (χ3v) is 8.90. The van der Waals surface area contributed by atoms with Crippen LogP contribution in [0.15, 0.2) is 11.6 Å². The summed E-state index contributed by atoms with van der Waals surface area (Å²) in [5.74, 6) is -1.12. The molecule has 9 heteroatoms. The van der Waals surface area contributed by atoms with E-state index >= 15 is 0 Å². The number of carbonyl (C=O) groups is 3. The highest BCUT2D eigenvalue weighted by Gasteiger charge is 2.65. The van der Waals surface area contributed by atoms with Crippen LogP contribution in [0, 0.1) is 28.6 Å². The van der Waals surface area contributed by atoms with E-state index in [1.54, 1.807) is 4.90 Å². The molecule has 1 heterocycles. The van der Waals surface area contributed by atoms with E-state index in [1.807, 2.05) is 13.0 Å². The molecule has 6 rings (SSSR count). The van der Waals surface area contributed by atoms with Crippen LogP contribution in [0.4, 0.5) is 0 Å². The number of hydrogen-bond acceptors (Lipinski definition) is 7. The second-order valence-corrected chi connectivity index (χ2v) is 11.3. The summed E-state index contributed by atoms with van der Waals surface area (Å²) in [6.07, 6.45) is 7.12. The molecule has 0 aromatic carbocycles. The van der Waals surface area contributed by atoms with Gasteiger partial charge in [0.05, 0.1) is 17.6 Å². The summed E-state index contributed by atoms with van der Waals surface area (Å²) in [5.41, 5.74) is 12.1. The number of nitriles is 1. The van der Waals surface area contributed by atoms with Gasteiger partial charge in [-0.25, -0.2) is 0 Å². The molecular weight excluding hydrogens is 424 g/mol. The molecule has 178 valence electrons. The van der Waals surface area contributed by atoms with E-state index in [1.165, 1.54) is 0 Å². The summed E-state index contributed by atoms with van der Waals surface area (Å²) in [6.45, 7) is 1.96. The zero-order chi connectivity index (χ0) is 23.8. The van der Waals surface area contributed by atoms with E-state index in [0.29, 0.717) is 24.7 Å². The van der Waals surface area contributed by atoms with Gasteiger partial charge in [0.15, 0.2) is 0 Å². The second-order valence-electron chi connectivity index (χ2n) is 11.3. The Morgan fingerprint density at radius 2 is 1.94 bits per heavy atom. The number of esters is 1. The Morgan fingerprint density at radius 3 is 2.55 bits per heavy atom. The Labute approximate surface area is 193 Å². The molecule has 0 aromatic heterocycles. The lowest BCUT2D eigenvalue weighted by Crippen LogP contribution is -2.66. The third-order valence-electron chi connectivity index (χ3n) is 8.90. The van der Waals surface area contributed by atoms with Crippen LogP contribution in [0.25, 0.3) is 0 Å². The first kappa shape index (κ1) is 22.4. The van der Waals surface area contributed by atoms with E-state index in [-0.39, 0.29) is 18.7 Å². The molecule has 1 aliphatic heterocycles. The lowest BCUT2D eigenvalue weighted by Gasteiger charge is -2.62. The average Bonchev–Trinajstić information content (AvgIpc) is 3.29. The first-order valence-electron chi connectivity index (χ1n) is 11.9. The summed E-state index contributed by atoms with van der Waals surface area (Å²) >= 11 is 0. The molecule has 0 radical (unpaired) electrons. The largest absolute Gasteiger partial charge is 0.481 e. The molecule has 5 aliphatic carbocycles. The summed E-state index contributed by atoms with van der Waals surface area (Å²) in [4.78, 5) is 38.9. The number of amides is 1. The number of rotatable bonds is 7. The topological polar surface area (TPSA) is 160 Å². The minimum atomic E-state index is -1.00. The second kappa shape index (κ2) is 7.28. The Bertz CT molecular complexity index is 972. The number of ether oxygens (including phenoxy) is 1. The van der Waals surface area contributed by atoms with Crippen molar-refractivity contribution < 1.29 is 24.2 Å². The molecule has 6 aliphatic rings. The fourth-order valence-corrected chi connectivity index (χ4v) is 7.73. The number of fused-ring (bicyclic) bond motifs is 1. The molecule has 33 heavy (non-hydrogen) atoms. The number of nitrogens with zero attached hydrogens (tertiary/aromatic N) is 2. The van der Waals surface area contributed by atoms with E-state index < -0.39 is 46.6 Å². The van der Waals surface area contributed by atoms with Gasteiger partial charge < -0.3 is 26.2 Å². The normalized spacial score (nSPS) is 41.6. The van der Waals surface area contributed by atoms with Crippen molar-refractivity contribution in [2.24, 2.45) is 28.7 Å². The van der Waals surface area contributed by atoms with Crippen LogP contribution in [0.3, 0.4) is 0 Å². The molecule has 4 saturated carbocycles. The van der Waals surface area contributed by atoms with Gasteiger partial charge >= 0.3 is 11.9 Å². The van der Waals surface area contributed by atoms with Crippen LogP contribution in [0.2, 0.25) is 0 Å². The first-order valence-corrected chi connectivity index (χ1v) is 11.9. The van der Waals surface area contributed by atoms with Gasteiger partial charge in [0.1, 0.15) is 17.7 Å². The molecule has 5 N–H and O–H groups in total. The Hall–Kier alpha value is -2.44. The van der Waals surface area contributed by atoms with Crippen LogP contribution in [0.1, 0.15) is 64.7 Å². The van der Waals surface area contributed by atoms with Crippen molar-refractivity contribution in [2.45, 2.75) is 94.0 Å². The number of hydrogen-bond donors (Lipinski definition) is 3. The first-order chi connectivity index (χ1) is 15.5. The molecule has 5 fully saturated rings. The molecule has 0 spiro atoms. The van der Waals surface area contributed by atoms with Crippen molar-refractivity contribution in [1.29, 1.82) is 5.26 Å². The Morgan fingerprint density at radius 1 is 1.27 bits per heavy atom. The number of likely N-dealkylation sites (tertiary alicyclic amines) is 1. The van der Waals surface area contributed by atoms with Crippen molar-refractivity contribution in [3.63, 3.8) is 0 Å². The summed E-state index contributed by atoms with van der Waals surface area (Å²) < 4.78 is 6.02. The van der Waals surface area contributed by atoms with Crippen LogP contribution < -0.4 is 11.5 Å². The minimum absolute atomic E-state index is 0.0265. The molecule has 0 aromatic rings. The molecule has 4 bridgehead atoms. The van der Waals surface area contributed by atoms with Crippen LogP contribution >= 0.6 is 0 Å². The summed E-state index contributed by atoms with van der Waals surface area (Å²) in [6, 6.07) is 0.0280. The zero-order valence-electron chi connectivity index (χ0n) is 19.0. The van der Waals surface area contributed by atoms with Crippen LogP contribution in [0.5, 0.6) is 0 Å². The molecular formula is C24H32N4O5. The maximum absolute atomic E-state index is 13.7. The zero-order valence-corrected chi connectivity index (χ0v) is 19.0. The van der Waals surface area contributed by atoms with Crippen molar-refractivity contribution >= 4 is 17.8 Å². The van der Waals surface area contributed by atoms with Crippen LogP contribution in [-0.2, 0) is 19.1 Å². The van der Waals surface area contributed by atoms with E-state index in [0.717, 1.165) is 37.7 Å².